The number of carboxylic acids is 1. The van der Waals surface area contributed by atoms with Gasteiger partial charge in [0.25, 0.3) is 0 Å². The molecule has 0 saturated heterocycles. The molecule has 0 aliphatic rings. The van der Waals surface area contributed by atoms with E-state index in [1.807, 2.05) is 0 Å². The molecule has 0 fully saturated rings. The maximum absolute atomic E-state index is 11.7. The van der Waals surface area contributed by atoms with Crippen molar-refractivity contribution in [3.63, 3.8) is 0 Å². The Morgan fingerprint density at radius 1 is 1.30 bits per heavy atom. The van der Waals surface area contributed by atoms with Crippen molar-refractivity contribution in [2.45, 2.75) is 50.6 Å². The summed E-state index contributed by atoms with van der Waals surface area (Å²) < 4.78 is 24.7. The van der Waals surface area contributed by atoms with Gasteiger partial charge >= 0.3 is 5.97 Å². The van der Waals surface area contributed by atoms with E-state index in [9.17, 15) is 13.2 Å². The molecule has 8 nitrogen and oxygen atoms in total. The Morgan fingerprint density at radius 2 is 1.95 bits per heavy atom. The molecule has 20 heavy (non-hydrogen) atoms. The molecule has 0 aromatic carbocycles. The van der Waals surface area contributed by atoms with Crippen molar-refractivity contribution in [3.8, 4) is 0 Å². The van der Waals surface area contributed by atoms with Gasteiger partial charge in [-0.15, -0.1) is 5.10 Å². The van der Waals surface area contributed by atoms with E-state index in [0.29, 0.717) is 6.54 Å². The lowest BCUT2D eigenvalue weighted by Gasteiger charge is -2.03. The first-order chi connectivity index (χ1) is 9.38. The van der Waals surface area contributed by atoms with Gasteiger partial charge in [0.05, 0.1) is 0 Å². The molecule has 1 aromatic rings. The van der Waals surface area contributed by atoms with E-state index in [0.717, 1.165) is 32.1 Å². The van der Waals surface area contributed by atoms with Gasteiger partial charge in [0.2, 0.25) is 14.9 Å². The molecule has 0 radical (unpaired) electrons. The largest absolute Gasteiger partial charge is 0.480 e. The highest BCUT2D eigenvalue weighted by Crippen LogP contribution is 2.17. The molecule has 1 heterocycles. The van der Waals surface area contributed by atoms with Gasteiger partial charge in [-0.1, -0.05) is 37.8 Å². The van der Waals surface area contributed by atoms with E-state index in [1.54, 1.807) is 0 Å². The van der Waals surface area contributed by atoms with Crippen molar-refractivity contribution >= 4 is 21.6 Å². The lowest BCUT2D eigenvalue weighted by molar-refractivity contribution is -0.134. The smallest absolute Gasteiger partial charge is 0.319 e. The van der Waals surface area contributed by atoms with Gasteiger partial charge in [-0.05, 0) is 6.42 Å². The number of nitrogens with zero attached hydrogens (tertiary/aromatic N) is 3. The number of hydrogen-bond donors (Lipinski definition) is 2. The fourth-order valence-corrected chi connectivity index (χ4v) is 2.83. The molecule has 0 atom stereocenters. The maximum Gasteiger partial charge on any atom is 0.319 e. The zero-order valence-corrected chi connectivity index (χ0v) is 12.3. The summed E-state index contributed by atoms with van der Waals surface area (Å²) in [5.41, 5.74) is 5.67. The molecule has 0 aliphatic heterocycles. The summed E-state index contributed by atoms with van der Waals surface area (Å²) in [5, 5.41) is 15.3. The first kappa shape index (κ1) is 16.4. The van der Waals surface area contributed by atoms with Crippen LogP contribution in [0.2, 0.25) is 0 Å². The number of nitrogens with two attached hydrogens (primary N) is 1. The third-order valence-corrected chi connectivity index (χ3v) is 4.33. The first-order valence-corrected chi connectivity index (χ1v) is 8.17. The number of hydrogen-bond acceptors (Lipinski definition) is 6. The molecular weight excluding hydrogens is 284 g/mol. The third-order valence-electron chi connectivity index (χ3n) is 2.82. The Labute approximate surface area is 117 Å². The summed E-state index contributed by atoms with van der Waals surface area (Å²) in [5.74, 6) is -2.58. The lowest BCUT2D eigenvalue weighted by atomic mass is 10.1. The maximum atomic E-state index is 11.7. The fourth-order valence-electron chi connectivity index (χ4n) is 1.79. The van der Waals surface area contributed by atoms with Crippen molar-refractivity contribution in [2.75, 3.05) is 11.5 Å². The zero-order valence-electron chi connectivity index (χ0n) is 11.4. The third kappa shape index (κ3) is 4.48. The number of carbonyl (C=O) groups is 1. The van der Waals surface area contributed by atoms with E-state index in [1.165, 1.54) is 4.68 Å². The summed E-state index contributed by atoms with van der Waals surface area (Å²) in [7, 11) is -4.03. The predicted octanol–water partition coefficient (Wildman–Crippen LogP) is 0.689. The topological polar surface area (TPSA) is 128 Å². The van der Waals surface area contributed by atoms with Crippen LogP contribution in [-0.4, -0.2) is 40.2 Å². The van der Waals surface area contributed by atoms with E-state index >= 15 is 0 Å². The molecule has 0 bridgehead atoms. The summed E-state index contributed by atoms with van der Waals surface area (Å²) >= 11 is 0. The number of anilines is 1. The van der Waals surface area contributed by atoms with Crippen LogP contribution in [0, 0.1) is 0 Å². The summed E-state index contributed by atoms with van der Waals surface area (Å²) in [6.45, 7) is 2.60. The molecule has 1 rings (SSSR count). The Kier molecular flexibility index (Phi) is 5.93. The Bertz CT molecular complexity index is 553. The summed E-state index contributed by atoms with van der Waals surface area (Å²) in [4.78, 5) is 10.5. The molecule has 0 saturated carbocycles. The molecule has 0 spiro atoms. The van der Waals surface area contributed by atoms with Crippen molar-refractivity contribution in [3.05, 3.63) is 0 Å². The Morgan fingerprint density at radius 3 is 2.55 bits per heavy atom. The molecule has 114 valence electrons. The standard InChI is InChI=1S/C11H20N4O4S/c1-2-3-4-5-6-7-15-10(12)11(13-14-15)20(18,19)8-9(16)17/h2-8,12H2,1H3,(H,16,17). The van der Waals surface area contributed by atoms with Crippen LogP contribution in [0.1, 0.15) is 39.0 Å². The van der Waals surface area contributed by atoms with Gasteiger partial charge in [0, 0.05) is 6.54 Å². The number of carboxylic acid groups (broad SMARTS) is 1. The monoisotopic (exact) mass is 304 g/mol. The lowest BCUT2D eigenvalue weighted by Crippen LogP contribution is -2.17. The van der Waals surface area contributed by atoms with Gasteiger partial charge in [-0.3, -0.25) is 4.79 Å². The summed E-state index contributed by atoms with van der Waals surface area (Å²) in [6.07, 6.45) is 5.24. The van der Waals surface area contributed by atoms with Crippen LogP contribution >= 0.6 is 0 Å². The van der Waals surface area contributed by atoms with Crippen LogP contribution in [0.4, 0.5) is 5.82 Å². The van der Waals surface area contributed by atoms with Crippen LogP contribution < -0.4 is 5.73 Å². The number of rotatable bonds is 9. The number of unbranched alkanes of at least 4 members (excludes halogenated alkanes) is 4. The van der Waals surface area contributed by atoms with E-state index in [4.69, 9.17) is 10.8 Å². The minimum atomic E-state index is -4.03. The quantitative estimate of drug-likeness (QED) is 0.642. The Hall–Kier alpha value is -1.64. The van der Waals surface area contributed by atoms with Gasteiger partial charge in [-0.25, -0.2) is 13.1 Å². The highest BCUT2D eigenvalue weighted by atomic mass is 32.2. The van der Waals surface area contributed by atoms with Crippen LogP contribution in [0.15, 0.2) is 5.03 Å². The minimum Gasteiger partial charge on any atom is -0.480 e. The van der Waals surface area contributed by atoms with Crippen molar-refractivity contribution < 1.29 is 18.3 Å². The number of aromatic nitrogens is 3. The zero-order chi connectivity index (χ0) is 15.2. The van der Waals surface area contributed by atoms with Gasteiger partial charge < -0.3 is 10.8 Å². The predicted molar refractivity (Wildman–Crippen MR) is 72.9 cm³/mol. The average Bonchev–Trinajstić information content (AvgIpc) is 2.70. The molecule has 3 N–H and O–H groups in total. The van der Waals surface area contributed by atoms with Crippen molar-refractivity contribution in [2.24, 2.45) is 0 Å². The molecule has 9 heteroatoms. The number of aryl methyl sites for hydroxylation is 1. The van der Waals surface area contributed by atoms with Gasteiger partial charge in [-0.2, -0.15) is 0 Å². The van der Waals surface area contributed by atoms with Crippen LogP contribution in [0.5, 0.6) is 0 Å². The second kappa shape index (κ2) is 7.22. The number of sulfone groups is 1. The SMILES string of the molecule is CCCCCCCn1nnc(S(=O)(=O)CC(=O)O)c1N. The second-order valence-electron chi connectivity index (χ2n) is 4.57. The number of aliphatic carboxylic acids is 1. The minimum absolute atomic E-state index is 0.0956. The highest BCUT2D eigenvalue weighted by Gasteiger charge is 2.26. The first-order valence-electron chi connectivity index (χ1n) is 6.52. The number of nitrogen functional groups attached to an aromatic ring is 1. The van der Waals surface area contributed by atoms with Gasteiger partial charge in [0.1, 0.15) is 0 Å². The highest BCUT2D eigenvalue weighted by molar-refractivity contribution is 7.92. The summed E-state index contributed by atoms with van der Waals surface area (Å²) in [6, 6.07) is 0. The van der Waals surface area contributed by atoms with E-state index < -0.39 is 26.6 Å². The molecule has 0 aliphatic carbocycles. The van der Waals surface area contributed by atoms with Crippen molar-refractivity contribution in [1.82, 2.24) is 15.0 Å². The molecule has 0 amide bonds. The van der Waals surface area contributed by atoms with Crippen LogP contribution in [0.3, 0.4) is 0 Å². The van der Waals surface area contributed by atoms with E-state index in [-0.39, 0.29) is 5.82 Å². The van der Waals surface area contributed by atoms with Crippen LogP contribution in [0.25, 0.3) is 0 Å². The second-order valence-corrected chi connectivity index (χ2v) is 6.47. The molecular formula is C11H20N4O4S. The average molecular weight is 304 g/mol. The molecule has 0 unspecified atom stereocenters. The van der Waals surface area contributed by atoms with E-state index in [2.05, 4.69) is 17.2 Å². The normalized spacial score (nSPS) is 11.7. The fraction of sp³-hybridized carbons (Fsp3) is 0.727. The van der Waals surface area contributed by atoms with Gasteiger partial charge in [0.15, 0.2) is 11.6 Å². The molecule has 1 aromatic heterocycles. The van der Waals surface area contributed by atoms with Crippen molar-refractivity contribution in [1.29, 1.82) is 0 Å². The van der Waals surface area contributed by atoms with Crippen LogP contribution in [-0.2, 0) is 21.2 Å². The Balaban J connectivity index is 2.67.